The quantitative estimate of drug-likeness (QED) is 0.698. The number of hydrogen-bond donors (Lipinski definition) is 0. The van der Waals surface area contributed by atoms with Gasteiger partial charge in [-0.3, -0.25) is 0 Å². The van der Waals surface area contributed by atoms with E-state index >= 15 is 0 Å². The van der Waals surface area contributed by atoms with E-state index in [-0.39, 0.29) is 11.1 Å². The molecule has 2 heterocycles. The van der Waals surface area contributed by atoms with E-state index in [2.05, 4.69) is 85.0 Å². The van der Waals surface area contributed by atoms with Crippen molar-refractivity contribution in [3.8, 4) is 0 Å². The van der Waals surface area contributed by atoms with Crippen molar-refractivity contribution in [2.45, 2.75) is 23.9 Å². The highest BCUT2D eigenvalue weighted by Gasteiger charge is 2.70. The standard InChI is InChI=1S/C24H22N2/c1-3-7-17(8-4-1)15-23-19-11-13-21(19)24(26-25-23,22-14-12-20(22)23)16-18-9-5-2-6-10-18/h1-14,19-22H,15-16H2/t19-,20-,21+,22+,23?,24?. The number of nitrogens with zero attached hydrogens (tertiary/aromatic N) is 2. The van der Waals surface area contributed by atoms with Gasteiger partial charge < -0.3 is 0 Å². The lowest BCUT2D eigenvalue weighted by Crippen LogP contribution is -2.71. The van der Waals surface area contributed by atoms with Gasteiger partial charge in [-0.1, -0.05) is 85.0 Å². The van der Waals surface area contributed by atoms with Gasteiger partial charge in [-0.15, -0.1) is 0 Å². The first-order valence-corrected chi connectivity index (χ1v) is 9.70. The fourth-order valence-electron chi connectivity index (χ4n) is 5.86. The average molecular weight is 338 g/mol. The third-order valence-corrected chi connectivity index (χ3v) is 7.22. The van der Waals surface area contributed by atoms with Crippen LogP contribution in [0.1, 0.15) is 11.1 Å². The molecule has 2 heteroatoms. The van der Waals surface area contributed by atoms with Crippen LogP contribution >= 0.6 is 0 Å². The highest BCUT2D eigenvalue weighted by atomic mass is 15.3. The van der Waals surface area contributed by atoms with E-state index in [1.807, 2.05) is 0 Å². The third-order valence-electron chi connectivity index (χ3n) is 7.22. The van der Waals surface area contributed by atoms with Crippen molar-refractivity contribution in [2.75, 3.05) is 0 Å². The maximum absolute atomic E-state index is 5.08. The minimum atomic E-state index is -0.0708. The maximum Gasteiger partial charge on any atom is 0.0993 e. The third kappa shape index (κ3) is 1.72. The van der Waals surface area contributed by atoms with Gasteiger partial charge in [0.2, 0.25) is 0 Å². The normalized spacial score (nSPS) is 40.5. The summed E-state index contributed by atoms with van der Waals surface area (Å²) in [5.74, 6) is 2.09. The van der Waals surface area contributed by atoms with Crippen LogP contribution in [0.15, 0.2) is 95.2 Å². The number of rotatable bonds is 4. The molecule has 5 aliphatic rings. The Morgan fingerprint density at radius 1 is 0.538 bits per heavy atom. The summed E-state index contributed by atoms with van der Waals surface area (Å²) >= 11 is 0. The van der Waals surface area contributed by atoms with Crippen molar-refractivity contribution in [2.24, 2.45) is 33.9 Å². The van der Waals surface area contributed by atoms with Crippen molar-refractivity contribution in [3.05, 3.63) is 96.1 Å². The van der Waals surface area contributed by atoms with Crippen LogP contribution in [-0.4, -0.2) is 11.1 Å². The summed E-state index contributed by atoms with van der Waals surface area (Å²) in [6.45, 7) is 0. The second-order valence-corrected chi connectivity index (χ2v) is 8.38. The Morgan fingerprint density at radius 2 is 0.885 bits per heavy atom. The Bertz CT molecular complexity index is 824. The zero-order chi connectivity index (χ0) is 17.2. The van der Waals surface area contributed by atoms with Gasteiger partial charge in [-0.2, -0.15) is 10.2 Å². The van der Waals surface area contributed by atoms with Gasteiger partial charge in [0.25, 0.3) is 0 Å². The molecule has 0 radical (unpaired) electrons. The largest absolute Gasteiger partial charge is 0.185 e. The molecule has 0 spiro atoms. The molecular formula is C24H22N2. The summed E-state index contributed by atoms with van der Waals surface area (Å²) in [6.07, 6.45) is 11.6. The SMILES string of the molecule is C1=C[C@H]2[C@@H]1C1(Cc3ccccc3)N=NC2(Cc2ccccc2)[C@H]2C=C[C@H]21. The fourth-order valence-corrected chi connectivity index (χ4v) is 5.86. The van der Waals surface area contributed by atoms with Gasteiger partial charge in [0, 0.05) is 36.5 Å². The average Bonchev–Trinajstić information content (AvgIpc) is 2.58. The predicted octanol–water partition coefficient (Wildman–Crippen LogP) is 5.03. The van der Waals surface area contributed by atoms with Gasteiger partial charge in [-0.25, -0.2) is 0 Å². The number of hydrogen-bond acceptors (Lipinski definition) is 2. The highest BCUT2D eigenvalue weighted by molar-refractivity contribution is 5.43. The zero-order valence-electron chi connectivity index (χ0n) is 14.7. The molecule has 2 aromatic rings. The zero-order valence-corrected chi connectivity index (χ0v) is 14.7. The van der Waals surface area contributed by atoms with Crippen molar-refractivity contribution in [3.63, 3.8) is 0 Å². The Hall–Kier alpha value is -2.48. The van der Waals surface area contributed by atoms with E-state index in [9.17, 15) is 0 Å². The van der Waals surface area contributed by atoms with Crippen LogP contribution in [0, 0.1) is 23.7 Å². The summed E-state index contributed by atoms with van der Waals surface area (Å²) in [6, 6.07) is 21.7. The summed E-state index contributed by atoms with van der Waals surface area (Å²) in [7, 11) is 0. The maximum atomic E-state index is 5.08. The van der Waals surface area contributed by atoms with Gasteiger partial charge >= 0.3 is 0 Å². The molecule has 4 atom stereocenters. The minimum absolute atomic E-state index is 0.0708. The van der Waals surface area contributed by atoms with Crippen molar-refractivity contribution in [1.82, 2.24) is 0 Å². The molecule has 2 bridgehead atoms. The van der Waals surface area contributed by atoms with Crippen molar-refractivity contribution < 1.29 is 0 Å². The van der Waals surface area contributed by atoms with Crippen LogP contribution in [0.5, 0.6) is 0 Å². The van der Waals surface area contributed by atoms with Crippen molar-refractivity contribution >= 4 is 0 Å². The summed E-state index contributed by atoms with van der Waals surface area (Å²) < 4.78 is 0. The molecule has 2 nitrogen and oxygen atoms in total. The van der Waals surface area contributed by atoms with Crippen molar-refractivity contribution in [1.29, 1.82) is 0 Å². The Labute approximate surface area is 154 Å². The molecule has 0 unspecified atom stereocenters. The summed E-state index contributed by atoms with van der Waals surface area (Å²) in [5, 5.41) is 10.2. The molecule has 1 saturated carbocycles. The lowest BCUT2D eigenvalue weighted by molar-refractivity contribution is -0.0482. The van der Waals surface area contributed by atoms with Crippen LogP contribution in [0.4, 0.5) is 0 Å². The molecule has 0 amide bonds. The molecule has 128 valence electrons. The van der Waals surface area contributed by atoms with Gasteiger partial charge in [0.15, 0.2) is 0 Å². The topological polar surface area (TPSA) is 24.7 Å². The first kappa shape index (κ1) is 14.7. The van der Waals surface area contributed by atoms with E-state index in [1.54, 1.807) is 0 Å². The van der Waals surface area contributed by atoms with Crippen LogP contribution in [0.3, 0.4) is 0 Å². The number of benzene rings is 2. The van der Waals surface area contributed by atoms with Crippen LogP contribution in [-0.2, 0) is 12.8 Å². The summed E-state index contributed by atoms with van der Waals surface area (Å²) in [4.78, 5) is 0. The van der Waals surface area contributed by atoms with E-state index in [4.69, 9.17) is 10.2 Å². The summed E-state index contributed by atoms with van der Waals surface area (Å²) in [5.41, 5.74) is 2.61. The van der Waals surface area contributed by atoms with E-state index in [0.717, 1.165) is 12.8 Å². The molecule has 0 saturated heterocycles. The molecule has 1 fully saturated rings. The first-order valence-electron chi connectivity index (χ1n) is 9.70. The Morgan fingerprint density at radius 3 is 1.19 bits per heavy atom. The van der Waals surface area contributed by atoms with Crippen LogP contribution in [0.25, 0.3) is 0 Å². The van der Waals surface area contributed by atoms with Gasteiger partial charge in [0.05, 0.1) is 11.1 Å². The molecule has 26 heavy (non-hydrogen) atoms. The molecular weight excluding hydrogens is 316 g/mol. The highest BCUT2D eigenvalue weighted by Crippen LogP contribution is 2.66. The lowest BCUT2D eigenvalue weighted by Gasteiger charge is -2.66. The smallest absolute Gasteiger partial charge is 0.0993 e. The van der Waals surface area contributed by atoms with E-state index in [1.165, 1.54) is 11.1 Å². The monoisotopic (exact) mass is 338 g/mol. The molecule has 0 aromatic heterocycles. The first-order chi connectivity index (χ1) is 12.8. The fraction of sp³-hybridized carbons (Fsp3) is 0.333. The minimum Gasteiger partial charge on any atom is -0.185 e. The van der Waals surface area contributed by atoms with Crippen LogP contribution in [0.2, 0.25) is 0 Å². The molecule has 3 aliphatic carbocycles. The van der Waals surface area contributed by atoms with Crippen LogP contribution < -0.4 is 0 Å². The molecule has 2 aliphatic heterocycles. The number of azo groups is 1. The van der Waals surface area contributed by atoms with Gasteiger partial charge in [-0.05, 0) is 11.1 Å². The van der Waals surface area contributed by atoms with Gasteiger partial charge in [0.1, 0.15) is 0 Å². The van der Waals surface area contributed by atoms with E-state index in [0.29, 0.717) is 23.7 Å². The molecule has 0 N–H and O–H groups in total. The lowest BCUT2D eigenvalue weighted by atomic mass is 9.41. The molecule has 7 rings (SSSR count). The Balaban J connectivity index is 1.44. The second-order valence-electron chi connectivity index (χ2n) is 8.38. The van der Waals surface area contributed by atoms with E-state index < -0.39 is 0 Å². The predicted molar refractivity (Wildman–Crippen MR) is 103 cm³/mol. The Kier molecular flexibility index (Phi) is 2.84. The second kappa shape index (κ2) is 5.03. The molecule has 2 aromatic carbocycles.